The first-order chi connectivity index (χ1) is 8.49. The Bertz CT molecular complexity index is 367. The van der Waals surface area contributed by atoms with Crippen molar-refractivity contribution in [2.24, 2.45) is 5.92 Å². The van der Waals surface area contributed by atoms with Crippen LogP contribution in [-0.4, -0.2) is 31.6 Å². The fourth-order valence-electron chi connectivity index (χ4n) is 2.28. The molecule has 3 unspecified atom stereocenters. The van der Waals surface area contributed by atoms with Crippen LogP contribution in [0.4, 0.5) is 4.39 Å². The smallest absolute Gasteiger partial charge is 0.127 e. The van der Waals surface area contributed by atoms with Crippen LogP contribution < -0.4 is 5.32 Å². The molecule has 0 aromatic heterocycles. The van der Waals surface area contributed by atoms with Gasteiger partial charge in [0.25, 0.3) is 0 Å². The van der Waals surface area contributed by atoms with Gasteiger partial charge in [0, 0.05) is 17.6 Å². The maximum absolute atomic E-state index is 13.8. The van der Waals surface area contributed by atoms with E-state index in [0.29, 0.717) is 12.0 Å². The highest BCUT2D eigenvalue weighted by Gasteiger charge is 2.23. The molecular formula is C15H25FN2. The second kappa shape index (κ2) is 6.86. The highest BCUT2D eigenvalue weighted by atomic mass is 19.1. The van der Waals surface area contributed by atoms with Gasteiger partial charge in [-0.3, -0.25) is 4.90 Å². The van der Waals surface area contributed by atoms with Crippen molar-refractivity contribution in [3.05, 3.63) is 35.6 Å². The predicted molar refractivity (Wildman–Crippen MR) is 75.1 cm³/mol. The SMILES string of the molecule is CNCC(C)C(C)N(C)C(C)c1ccccc1F. The van der Waals surface area contributed by atoms with E-state index in [2.05, 4.69) is 38.0 Å². The summed E-state index contributed by atoms with van der Waals surface area (Å²) in [6.07, 6.45) is 0. The van der Waals surface area contributed by atoms with Crippen LogP contribution in [0.15, 0.2) is 24.3 Å². The average Bonchev–Trinajstić information content (AvgIpc) is 2.37. The van der Waals surface area contributed by atoms with E-state index in [1.165, 1.54) is 6.07 Å². The molecule has 0 aliphatic heterocycles. The van der Waals surface area contributed by atoms with Crippen LogP contribution in [0, 0.1) is 11.7 Å². The lowest BCUT2D eigenvalue weighted by molar-refractivity contribution is 0.148. The third-order valence-electron chi connectivity index (χ3n) is 3.96. The van der Waals surface area contributed by atoms with Crippen molar-refractivity contribution in [2.45, 2.75) is 32.9 Å². The van der Waals surface area contributed by atoms with E-state index in [0.717, 1.165) is 12.1 Å². The van der Waals surface area contributed by atoms with Gasteiger partial charge in [0.05, 0.1) is 0 Å². The van der Waals surface area contributed by atoms with Gasteiger partial charge in [-0.15, -0.1) is 0 Å². The summed E-state index contributed by atoms with van der Waals surface area (Å²) in [6.45, 7) is 7.43. The zero-order valence-corrected chi connectivity index (χ0v) is 12.1. The minimum absolute atomic E-state index is 0.0838. The number of nitrogens with one attached hydrogen (secondary N) is 1. The molecule has 1 aromatic carbocycles. The minimum atomic E-state index is -0.120. The molecule has 3 atom stereocenters. The number of nitrogens with zero attached hydrogens (tertiary/aromatic N) is 1. The molecule has 3 heteroatoms. The summed E-state index contributed by atoms with van der Waals surface area (Å²) in [6, 6.07) is 7.50. The molecular weight excluding hydrogens is 227 g/mol. The first kappa shape index (κ1) is 15.1. The Labute approximate surface area is 110 Å². The molecule has 1 N–H and O–H groups in total. The molecule has 0 amide bonds. The Morgan fingerprint density at radius 3 is 2.39 bits per heavy atom. The summed E-state index contributed by atoms with van der Waals surface area (Å²) in [5.41, 5.74) is 0.767. The quantitative estimate of drug-likeness (QED) is 0.837. The molecule has 1 rings (SSSR count). The molecule has 0 aliphatic rings. The largest absolute Gasteiger partial charge is 0.319 e. The van der Waals surface area contributed by atoms with E-state index in [1.807, 2.05) is 19.2 Å². The van der Waals surface area contributed by atoms with Crippen molar-refractivity contribution in [3.63, 3.8) is 0 Å². The van der Waals surface area contributed by atoms with Gasteiger partial charge in [-0.1, -0.05) is 25.1 Å². The third-order valence-corrected chi connectivity index (χ3v) is 3.96. The molecule has 0 saturated carbocycles. The lowest BCUT2D eigenvalue weighted by atomic mass is 9.98. The Morgan fingerprint density at radius 2 is 1.83 bits per heavy atom. The number of halogens is 1. The molecule has 1 aromatic rings. The molecule has 102 valence electrons. The van der Waals surface area contributed by atoms with Crippen molar-refractivity contribution in [3.8, 4) is 0 Å². The van der Waals surface area contributed by atoms with Crippen molar-refractivity contribution in [1.82, 2.24) is 10.2 Å². The van der Waals surface area contributed by atoms with Gasteiger partial charge in [-0.2, -0.15) is 0 Å². The van der Waals surface area contributed by atoms with Crippen LogP contribution in [-0.2, 0) is 0 Å². The monoisotopic (exact) mass is 252 g/mol. The van der Waals surface area contributed by atoms with Gasteiger partial charge >= 0.3 is 0 Å². The van der Waals surface area contributed by atoms with E-state index in [1.54, 1.807) is 6.07 Å². The minimum Gasteiger partial charge on any atom is -0.319 e. The number of rotatable bonds is 6. The molecule has 0 saturated heterocycles. The average molecular weight is 252 g/mol. The van der Waals surface area contributed by atoms with E-state index in [4.69, 9.17) is 0 Å². The summed E-state index contributed by atoms with van der Waals surface area (Å²) >= 11 is 0. The first-order valence-corrected chi connectivity index (χ1v) is 6.60. The van der Waals surface area contributed by atoms with E-state index >= 15 is 0 Å². The summed E-state index contributed by atoms with van der Waals surface area (Å²) in [4.78, 5) is 2.24. The highest BCUT2D eigenvalue weighted by molar-refractivity contribution is 5.20. The summed E-state index contributed by atoms with van der Waals surface area (Å²) < 4.78 is 13.8. The maximum Gasteiger partial charge on any atom is 0.127 e. The van der Waals surface area contributed by atoms with Gasteiger partial charge in [0.15, 0.2) is 0 Å². The molecule has 0 fully saturated rings. The number of hydrogen-bond donors (Lipinski definition) is 1. The molecule has 18 heavy (non-hydrogen) atoms. The Hall–Kier alpha value is -0.930. The topological polar surface area (TPSA) is 15.3 Å². The number of hydrogen-bond acceptors (Lipinski definition) is 2. The summed E-state index contributed by atoms with van der Waals surface area (Å²) in [7, 11) is 4.03. The van der Waals surface area contributed by atoms with Crippen LogP contribution in [0.25, 0.3) is 0 Å². The molecule has 0 bridgehead atoms. The predicted octanol–water partition coefficient (Wildman–Crippen LogP) is 3.06. The first-order valence-electron chi connectivity index (χ1n) is 6.60. The van der Waals surface area contributed by atoms with Crippen molar-refractivity contribution < 1.29 is 4.39 Å². The van der Waals surface area contributed by atoms with E-state index in [-0.39, 0.29) is 11.9 Å². The van der Waals surface area contributed by atoms with Crippen molar-refractivity contribution in [1.29, 1.82) is 0 Å². The van der Waals surface area contributed by atoms with Gasteiger partial charge in [0.1, 0.15) is 5.82 Å². The fraction of sp³-hybridized carbons (Fsp3) is 0.600. The third kappa shape index (κ3) is 3.53. The van der Waals surface area contributed by atoms with Crippen molar-refractivity contribution >= 4 is 0 Å². The molecule has 0 spiro atoms. The van der Waals surface area contributed by atoms with E-state index in [9.17, 15) is 4.39 Å². The zero-order valence-electron chi connectivity index (χ0n) is 12.1. The summed E-state index contributed by atoms with van der Waals surface area (Å²) in [5, 5.41) is 3.19. The lowest BCUT2D eigenvalue weighted by Gasteiger charge is -2.35. The number of benzene rings is 1. The normalized spacial score (nSPS) is 16.6. The molecule has 2 nitrogen and oxygen atoms in total. The second-order valence-corrected chi connectivity index (χ2v) is 5.14. The summed E-state index contributed by atoms with van der Waals surface area (Å²) in [5.74, 6) is 0.402. The molecule has 0 heterocycles. The highest BCUT2D eigenvalue weighted by Crippen LogP contribution is 2.25. The zero-order chi connectivity index (χ0) is 13.7. The lowest BCUT2D eigenvalue weighted by Crippen LogP contribution is -2.39. The van der Waals surface area contributed by atoms with E-state index < -0.39 is 0 Å². The maximum atomic E-state index is 13.8. The van der Waals surface area contributed by atoms with Crippen LogP contribution >= 0.6 is 0 Å². The van der Waals surface area contributed by atoms with Crippen LogP contribution in [0.5, 0.6) is 0 Å². The second-order valence-electron chi connectivity index (χ2n) is 5.14. The van der Waals surface area contributed by atoms with Gasteiger partial charge < -0.3 is 5.32 Å². The van der Waals surface area contributed by atoms with Crippen LogP contribution in [0.3, 0.4) is 0 Å². The van der Waals surface area contributed by atoms with Gasteiger partial charge in [0.2, 0.25) is 0 Å². The standard InChI is InChI=1S/C15H25FN2/c1-11(10-17-4)12(2)18(5)13(3)14-8-6-7-9-15(14)16/h6-9,11-13,17H,10H2,1-5H3. The van der Waals surface area contributed by atoms with Gasteiger partial charge in [-0.25, -0.2) is 4.39 Å². The van der Waals surface area contributed by atoms with Crippen LogP contribution in [0.2, 0.25) is 0 Å². The van der Waals surface area contributed by atoms with Crippen molar-refractivity contribution in [2.75, 3.05) is 20.6 Å². The van der Waals surface area contributed by atoms with Gasteiger partial charge in [-0.05, 0) is 46.5 Å². The fourth-order valence-corrected chi connectivity index (χ4v) is 2.28. The Morgan fingerprint density at radius 1 is 1.22 bits per heavy atom. The molecule has 0 radical (unpaired) electrons. The molecule has 0 aliphatic carbocycles. The Kier molecular flexibility index (Phi) is 5.76. The Balaban J connectivity index is 2.77. The van der Waals surface area contributed by atoms with Crippen LogP contribution in [0.1, 0.15) is 32.4 Å².